The van der Waals surface area contributed by atoms with Gasteiger partial charge in [0.2, 0.25) is 0 Å². The molecule has 0 spiro atoms. The van der Waals surface area contributed by atoms with Gasteiger partial charge in [0.25, 0.3) is 0 Å². The number of unbranched alkanes of at least 4 members (excludes halogenated alkanes) is 15. The van der Waals surface area contributed by atoms with Gasteiger partial charge in [0.05, 0.1) is 26.4 Å². The Morgan fingerprint density at radius 3 is 1.82 bits per heavy atom. The van der Waals surface area contributed by atoms with Crippen LogP contribution < -0.4 is 4.74 Å². The minimum atomic E-state index is -0.0451. The molecular weight excluding hydrogens is 528 g/mol. The maximum atomic E-state index is 8.73. The van der Waals surface area contributed by atoms with Gasteiger partial charge in [0.15, 0.2) is 0 Å². The molecule has 1 atom stereocenters. The van der Waals surface area contributed by atoms with E-state index < -0.39 is 0 Å². The number of hydrogen-bond acceptors (Lipinski definition) is 8. The predicted octanol–water partition coefficient (Wildman–Crippen LogP) is 7.98. The highest BCUT2D eigenvalue weighted by atomic mass is 32.2. The molecule has 0 fully saturated rings. The Labute approximate surface area is 248 Å². The molecule has 1 heterocycles. The van der Waals surface area contributed by atoms with Crippen molar-refractivity contribution in [3.8, 4) is 6.01 Å². The summed E-state index contributed by atoms with van der Waals surface area (Å²) in [5.41, 5.74) is 0. The molecule has 39 heavy (non-hydrogen) atoms. The van der Waals surface area contributed by atoms with E-state index in [1.54, 1.807) is 18.5 Å². The molecule has 0 saturated heterocycles. The summed E-state index contributed by atoms with van der Waals surface area (Å²) in [7, 11) is 0. The normalized spacial score (nSPS) is 12.2. The Hall–Kier alpha value is -0.540. The van der Waals surface area contributed by atoms with Crippen LogP contribution in [0.5, 0.6) is 6.01 Å². The van der Waals surface area contributed by atoms with Gasteiger partial charge in [-0.3, -0.25) is 0 Å². The summed E-state index contributed by atoms with van der Waals surface area (Å²) in [6, 6.07) is 2.22. The van der Waals surface area contributed by atoms with E-state index in [1.165, 1.54) is 96.3 Å². The van der Waals surface area contributed by atoms with Crippen LogP contribution in [0.25, 0.3) is 0 Å². The van der Waals surface area contributed by atoms with Gasteiger partial charge in [-0.2, -0.15) is 23.5 Å². The fraction of sp³-hybridized carbons (Fsp3) is 0.871. The Balaban J connectivity index is 1.98. The first-order valence-electron chi connectivity index (χ1n) is 15.7. The molecule has 0 aliphatic rings. The first-order chi connectivity index (χ1) is 19.4. The van der Waals surface area contributed by atoms with Gasteiger partial charge >= 0.3 is 6.01 Å². The lowest BCUT2D eigenvalue weighted by molar-refractivity contribution is 0.0542. The van der Waals surface area contributed by atoms with Crippen molar-refractivity contribution in [1.82, 2.24) is 9.97 Å². The highest BCUT2D eigenvalue weighted by Crippen LogP contribution is 2.15. The van der Waals surface area contributed by atoms with Crippen LogP contribution in [0.1, 0.15) is 110 Å². The van der Waals surface area contributed by atoms with Crippen LogP contribution in [0.3, 0.4) is 0 Å². The average Bonchev–Trinajstić information content (AvgIpc) is 2.96. The van der Waals surface area contributed by atoms with Crippen LogP contribution in [0, 0.1) is 0 Å². The number of hydrogen-bond donors (Lipinski definition) is 1. The molecule has 0 bridgehead atoms. The Kier molecular flexibility index (Phi) is 28.5. The summed E-state index contributed by atoms with van der Waals surface area (Å²) in [4.78, 5) is 8.42. The van der Waals surface area contributed by atoms with Gasteiger partial charge in [-0.05, 0) is 12.5 Å². The van der Waals surface area contributed by atoms with Crippen molar-refractivity contribution < 1.29 is 19.3 Å². The van der Waals surface area contributed by atoms with E-state index in [2.05, 4.69) is 16.9 Å². The smallest absolute Gasteiger partial charge is 0.316 e. The van der Waals surface area contributed by atoms with Crippen molar-refractivity contribution >= 4 is 23.5 Å². The van der Waals surface area contributed by atoms with Crippen LogP contribution in [-0.2, 0) is 9.47 Å². The molecule has 0 aliphatic heterocycles. The second-order valence-corrected chi connectivity index (χ2v) is 12.5. The summed E-state index contributed by atoms with van der Waals surface area (Å²) >= 11 is 3.75. The van der Waals surface area contributed by atoms with E-state index in [0.717, 1.165) is 36.0 Å². The second-order valence-electron chi connectivity index (χ2n) is 10.2. The summed E-state index contributed by atoms with van der Waals surface area (Å²) in [5.74, 6) is 3.95. The standard InChI is InChI=1S/C31H58N2O4S2/c1-2-3-4-5-6-7-8-9-10-11-12-13-14-15-16-17-22-36-28-30(37-31-32-19-18-20-33-31)29-39-27-26-38-25-24-35-23-21-34/h18-20,30,34H,2-17,21-29H2,1H3. The first kappa shape index (κ1) is 36.5. The zero-order valence-corrected chi connectivity index (χ0v) is 26.5. The van der Waals surface area contributed by atoms with Gasteiger partial charge in [0.1, 0.15) is 6.10 Å². The molecule has 1 N–H and O–H groups in total. The van der Waals surface area contributed by atoms with E-state index >= 15 is 0 Å². The van der Waals surface area contributed by atoms with E-state index in [-0.39, 0.29) is 12.7 Å². The van der Waals surface area contributed by atoms with Gasteiger partial charge in [0, 0.05) is 42.0 Å². The van der Waals surface area contributed by atoms with Gasteiger partial charge in [-0.25, -0.2) is 9.97 Å². The summed E-state index contributed by atoms with van der Waals surface area (Å²) < 4.78 is 17.3. The van der Waals surface area contributed by atoms with Crippen molar-refractivity contribution in [3.05, 3.63) is 18.5 Å². The molecule has 0 aromatic carbocycles. The van der Waals surface area contributed by atoms with Gasteiger partial charge in [-0.1, -0.05) is 103 Å². The van der Waals surface area contributed by atoms with E-state index in [4.69, 9.17) is 19.3 Å². The lowest BCUT2D eigenvalue weighted by atomic mass is 10.0. The summed E-state index contributed by atoms with van der Waals surface area (Å²) in [6.45, 7) is 4.87. The Morgan fingerprint density at radius 2 is 1.23 bits per heavy atom. The van der Waals surface area contributed by atoms with Gasteiger partial charge in [-0.15, -0.1) is 0 Å². The molecule has 0 radical (unpaired) electrons. The zero-order chi connectivity index (χ0) is 27.9. The van der Waals surface area contributed by atoms with Crippen molar-refractivity contribution in [2.45, 2.75) is 116 Å². The average molecular weight is 587 g/mol. The third kappa shape index (κ3) is 26.1. The fourth-order valence-corrected chi connectivity index (χ4v) is 6.27. The minimum Gasteiger partial charge on any atom is -0.457 e. The SMILES string of the molecule is CCCCCCCCCCCCCCCCCCOCC(CSCCSCCOCCO)Oc1ncccn1. The molecule has 1 unspecified atom stereocenters. The number of thioether (sulfide) groups is 2. The fourth-order valence-electron chi connectivity index (χ4n) is 4.30. The third-order valence-electron chi connectivity index (χ3n) is 6.54. The van der Waals surface area contributed by atoms with Crippen molar-refractivity contribution in [1.29, 1.82) is 0 Å². The summed E-state index contributed by atoms with van der Waals surface area (Å²) in [5, 5.41) is 8.73. The molecule has 0 saturated carbocycles. The zero-order valence-electron chi connectivity index (χ0n) is 24.9. The molecule has 1 aromatic rings. The summed E-state index contributed by atoms with van der Waals surface area (Å²) in [6.07, 6.45) is 25.5. The molecular formula is C31H58N2O4S2. The Morgan fingerprint density at radius 1 is 0.667 bits per heavy atom. The molecule has 8 heteroatoms. The topological polar surface area (TPSA) is 73.7 Å². The van der Waals surface area contributed by atoms with Crippen LogP contribution >= 0.6 is 23.5 Å². The van der Waals surface area contributed by atoms with Crippen LogP contribution in [0.4, 0.5) is 0 Å². The number of aromatic nitrogens is 2. The van der Waals surface area contributed by atoms with Crippen LogP contribution in [-0.4, -0.2) is 77.2 Å². The molecule has 228 valence electrons. The molecule has 0 aliphatic carbocycles. The lowest BCUT2D eigenvalue weighted by Gasteiger charge is -2.17. The predicted molar refractivity (Wildman–Crippen MR) is 169 cm³/mol. The van der Waals surface area contributed by atoms with Crippen LogP contribution in [0.15, 0.2) is 18.5 Å². The van der Waals surface area contributed by atoms with E-state index in [9.17, 15) is 0 Å². The van der Waals surface area contributed by atoms with E-state index in [0.29, 0.717) is 25.8 Å². The van der Waals surface area contributed by atoms with Crippen molar-refractivity contribution in [2.75, 3.05) is 56.0 Å². The van der Waals surface area contributed by atoms with Crippen LogP contribution in [0.2, 0.25) is 0 Å². The van der Waals surface area contributed by atoms with Gasteiger partial charge < -0.3 is 19.3 Å². The maximum Gasteiger partial charge on any atom is 0.316 e. The number of ether oxygens (including phenoxy) is 3. The lowest BCUT2D eigenvalue weighted by Crippen LogP contribution is -2.27. The largest absolute Gasteiger partial charge is 0.457 e. The Bertz CT molecular complexity index is 601. The molecule has 6 nitrogen and oxygen atoms in total. The number of aliphatic hydroxyl groups excluding tert-OH is 1. The highest BCUT2D eigenvalue weighted by Gasteiger charge is 2.13. The van der Waals surface area contributed by atoms with E-state index in [1.807, 2.05) is 23.5 Å². The number of aliphatic hydroxyl groups is 1. The minimum absolute atomic E-state index is 0.0451. The highest BCUT2D eigenvalue weighted by molar-refractivity contribution is 8.02. The first-order valence-corrected chi connectivity index (χ1v) is 18.0. The maximum absolute atomic E-state index is 8.73. The second kappa shape index (κ2) is 30.4. The number of nitrogens with zero attached hydrogens (tertiary/aromatic N) is 2. The molecule has 0 amide bonds. The van der Waals surface area contributed by atoms with Crippen molar-refractivity contribution in [2.24, 2.45) is 0 Å². The van der Waals surface area contributed by atoms with Crippen molar-refractivity contribution in [3.63, 3.8) is 0 Å². The third-order valence-corrected chi connectivity index (χ3v) is 8.85. The quantitative estimate of drug-likeness (QED) is 0.0878. The molecule has 1 aromatic heterocycles. The number of rotatable bonds is 31. The monoisotopic (exact) mass is 586 g/mol. The molecule has 1 rings (SSSR count).